The van der Waals surface area contributed by atoms with Crippen molar-refractivity contribution < 1.29 is 48.7 Å². The van der Waals surface area contributed by atoms with Crippen molar-refractivity contribution in [3.8, 4) is 0 Å². The lowest BCUT2D eigenvalue weighted by molar-refractivity contribution is -0.276. The summed E-state index contributed by atoms with van der Waals surface area (Å²) in [4.78, 5) is 6.53. The van der Waals surface area contributed by atoms with Crippen LogP contribution in [0.2, 0.25) is 0 Å². The first-order valence-corrected chi connectivity index (χ1v) is 11.5. The topological polar surface area (TPSA) is 24.8 Å². The summed E-state index contributed by atoms with van der Waals surface area (Å²) in [6, 6.07) is 5.02. The van der Waals surface area contributed by atoms with Crippen molar-refractivity contribution in [3.05, 3.63) is 70.3 Å². The van der Waals surface area contributed by atoms with Gasteiger partial charge in [-0.3, -0.25) is 4.90 Å². The normalized spacial score (nSPS) is 22.3. The minimum absolute atomic E-state index is 0.0172. The number of hydrogen-bond donors (Lipinski definition) is 0. The lowest BCUT2D eigenvalue weighted by atomic mass is 9.83. The summed E-state index contributed by atoms with van der Waals surface area (Å²) in [6.07, 6.45) is -17.3. The van der Waals surface area contributed by atoms with E-state index in [1.807, 2.05) is 18.7 Å². The molecule has 2 aliphatic rings. The fourth-order valence-electron chi connectivity index (χ4n) is 4.70. The molecule has 13 heteroatoms. The Labute approximate surface area is 211 Å². The molecule has 0 aliphatic carbocycles. The van der Waals surface area contributed by atoms with Gasteiger partial charge in [-0.15, -0.1) is 0 Å². The highest BCUT2D eigenvalue weighted by molar-refractivity contribution is 6.01. The summed E-state index contributed by atoms with van der Waals surface area (Å²) in [5, 5.41) is 3.39. The standard InChI is InChI=1S/C25H22F10N2O/c1-14(2)11-37-12-21(26,13-37)16-5-3-15(4-6-16)20-10-22(38-36-20,25(33,34)35)17-7-18(23(27,28)29)9-19(8-17)24(30,31)32/h3-9,14H,10-13H2,1-2H3. The Morgan fingerprint density at radius 2 is 1.37 bits per heavy atom. The van der Waals surface area contributed by atoms with E-state index in [0.717, 1.165) is 0 Å². The first kappa shape index (κ1) is 28.2. The summed E-state index contributed by atoms with van der Waals surface area (Å²) >= 11 is 0. The molecule has 0 saturated carbocycles. The molecule has 2 aromatic carbocycles. The fraction of sp³-hybridized carbons (Fsp3) is 0.480. The molecule has 1 unspecified atom stereocenters. The SMILES string of the molecule is CC(C)CN1CC(F)(c2ccc(C3=NOC(c4cc(C(F)(F)F)cc(C(F)(F)F)c4)(C(F)(F)F)C3)cc2)C1. The van der Waals surface area contributed by atoms with Gasteiger partial charge < -0.3 is 4.84 Å². The molecular formula is C25H22F10N2O. The lowest BCUT2D eigenvalue weighted by Crippen LogP contribution is -2.57. The average molecular weight is 556 g/mol. The van der Waals surface area contributed by atoms with E-state index in [2.05, 4.69) is 9.99 Å². The average Bonchev–Trinajstić information content (AvgIpc) is 3.23. The molecule has 1 atom stereocenters. The Bertz CT molecular complexity index is 1180. The number of rotatable bonds is 5. The van der Waals surface area contributed by atoms with E-state index in [-0.39, 0.29) is 48.1 Å². The first-order valence-electron chi connectivity index (χ1n) is 11.5. The van der Waals surface area contributed by atoms with Crippen LogP contribution < -0.4 is 0 Å². The molecule has 0 bridgehead atoms. The molecule has 0 aromatic heterocycles. The van der Waals surface area contributed by atoms with Gasteiger partial charge in [-0.2, -0.15) is 39.5 Å². The molecule has 2 aromatic rings. The van der Waals surface area contributed by atoms with Gasteiger partial charge in [0.15, 0.2) is 5.67 Å². The van der Waals surface area contributed by atoms with Gasteiger partial charge in [-0.25, -0.2) is 4.39 Å². The van der Waals surface area contributed by atoms with Crippen molar-refractivity contribution in [2.45, 2.75) is 50.1 Å². The maximum absolute atomic E-state index is 15.2. The van der Waals surface area contributed by atoms with Gasteiger partial charge in [-0.1, -0.05) is 43.3 Å². The predicted molar refractivity (Wildman–Crippen MR) is 117 cm³/mol. The summed E-state index contributed by atoms with van der Waals surface area (Å²) in [5.41, 5.74) is -10.5. The molecule has 0 N–H and O–H groups in total. The van der Waals surface area contributed by atoms with Crippen LogP contribution in [0, 0.1) is 5.92 Å². The molecule has 0 radical (unpaired) electrons. The Hall–Kier alpha value is -2.83. The highest BCUT2D eigenvalue weighted by Gasteiger charge is 2.63. The van der Waals surface area contributed by atoms with Gasteiger partial charge in [0.05, 0.1) is 16.8 Å². The molecule has 0 amide bonds. The third-order valence-corrected chi connectivity index (χ3v) is 6.55. The maximum atomic E-state index is 15.2. The molecule has 3 nitrogen and oxygen atoms in total. The smallest absolute Gasteiger partial charge is 0.374 e. The van der Waals surface area contributed by atoms with Crippen molar-refractivity contribution in [2.24, 2.45) is 11.1 Å². The van der Waals surface area contributed by atoms with Crippen molar-refractivity contribution in [1.29, 1.82) is 0 Å². The van der Waals surface area contributed by atoms with Gasteiger partial charge >= 0.3 is 18.5 Å². The minimum atomic E-state index is -5.43. The van der Waals surface area contributed by atoms with Crippen LogP contribution in [-0.4, -0.2) is 36.4 Å². The number of alkyl halides is 10. The zero-order chi connectivity index (χ0) is 28.3. The molecule has 4 rings (SSSR count). The van der Waals surface area contributed by atoms with Crippen LogP contribution in [0.25, 0.3) is 0 Å². The number of hydrogen-bond acceptors (Lipinski definition) is 3. The Balaban J connectivity index is 1.64. The number of likely N-dealkylation sites (tertiary alicyclic amines) is 1. The van der Waals surface area contributed by atoms with Gasteiger partial charge in [0.25, 0.3) is 5.60 Å². The van der Waals surface area contributed by atoms with Crippen molar-refractivity contribution in [2.75, 3.05) is 19.6 Å². The predicted octanol–water partition coefficient (Wildman–Crippen LogP) is 7.44. The summed E-state index contributed by atoms with van der Waals surface area (Å²) in [6.45, 7) is 4.96. The molecule has 1 fully saturated rings. The molecule has 2 aliphatic heterocycles. The van der Waals surface area contributed by atoms with E-state index in [1.165, 1.54) is 24.3 Å². The van der Waals surface area contributed by atoms with Crippen LogP contribution in [-0.2, 0) is 28.5 Å². The van der Waals surface area contributed by atoms with Gasteiger partial charge in [-0.05, 0) is 35.2 Å². The van der Waals surface area contributed by atoms with Gasteiger partial charge in [0.2, 0.25) is 0 Å². The summed E-state index contributed by atoms with van der Waals surface area (Å²) < 4.78 is 138. The monoisotopic (exact) mass is 556 g/mol. The van der Waals surface area contributed by atoms with Crippen LogP contribution in [0.1, 0.15) is 48.1 Å². The van der Waals surface area contributed by atoms with Crippen LogP contribution in [0.5, 0.6) is 0 Å². The maximum Gasteiger partial charge on any atom is 0.435 e. The molecule has 208 valence electrons. The zero-order valence-electron chi connectivity index (χ0n) is 20.0. The highest BCUT2D eigenvalue weighted by atomic mass is 19.4. The number of nitrogens with zero attached hydrogens (tertiary/aromatic N) is 2. The Kier molecular flexibility index (Phi) is 6.77. The summed E-state index contributed by atoms with van der Waals surface area (Å²) in [7, 11) is 0. The second kappa shape index (κ2) is 9.13. The largest absolute Gasteiger partial charge is 0.435 e. The molecule has 1 saturated heterocycles. The van der Waals surface area contributed by atoms with Crippen molar-refractivity contribution in [1.82, 2.24) is 4.90 Å². The first-order chi connectivity index (χ1) is 17.3. The zero-order valence-corrected chi connectivity index (χ0v) is 20.0. The van der Waals surface area contributed by atoms with Crippen LogP contribution in [0.15, 0.2) is 47.6 Å². The molecule has 2 heterocycles. The van der Waals surface area contributed by atoms with E-state index in [1.54, 1.807) is 0 Å². The van der Waals surface area contributed by atoms with E-state index >= 15 is 4.39 Å². The lowest BCUT2D eigenvalue weighted by Gasteiger charge is -2.45. The van der Waals surface area contributed by atoms with Crippen molar-refractivity contribution >= 4 is 5.71 Å². The van der Waals surface area contributed by atoms with Crippen LogP contribution in [0.4, 0.5) is 43.9 Å². The third-order valence-electron chi connectivity index (χ3n) is 6.55. The molecule has 38 heavy (non-hydrogen) atoms. The minimum Gasteiger partial charge on any atom is -0.374 e. The quantitative estimate of drug-likeness (QED) is 0.358. The second-order valence-electron chi connectivity index (χ2n) is 10.0. The third kappa shape index (κ3) is 5.21. The van der Waals surface area contributed by atoms with Crippen LogP contribution >= 0.6 is 0 Å². The Morgan fingerprint density at radius 3 is 1.82 bits per heavy atom. The van der Waals surface area contributed by atoms with E-state index in [9.17, 15) is 39.5 Å². The molecule has 0 spiro atoms. The fourth-order valence-corrected chi connectivity index (χ4v) is 4.70. The van der Waals surface area contributed by atoms with E-state index in [4.69, 9.17) is 0 Å². The summed E-state index contributed by atoms with van der Waals surface area (Å²) in [5.74, 6) is 0.334. The second-order valence-corrected chi connectivity index (χ2v) is 10.0. The Morgan fingerprint density at radius 1 is 0.842 bits per heavy atom. The van der Waals surface area contributed by atoms with Gasteiger partial charge in [0, 0.05) is 31.6 Å². The number of benzene rings is 2. The number of oxime groups is 1. The van der Waals surface area contributed by atoms with Gasteiger partial charge in [0.1, 0.15) is 0 Å². The van der Waals surface area contributed by atoms with Crippen LogP contribution in [0.3, 0.4) is 0 Å². The van der Waals surface area contributed by atoms with E-state index in [0.29, 0.717) is 12.5 Å². The number of halogens is 10. The molecular weight excluding hydrogens is 534 g/mol. The highest BCUT2D eigenvalue weighted by Crippen LogP contribution is 2.51. The van der Waals surface area contributed by atoms with E-state index < -0.39 is 52.9 Å². The van der Waals surface area contributed by atoms with Crippen molar-refractivity contribution in [3.63, 3.8) is 0 Å².